The Labute approximate surface area is 279 Å². The molecule has 4 aliphatic rings. The van der Waals surface area contributed by atoms with E-state index in [0.29, 0.717) is 31.2 Å². The first-order valence-corrected chi connectivity index (χ1v) is 17.0. The van der Waals surface area contributed by atoms with Crippen molar-refractivity contribution in [2.24, 2.45) is 11.8 Å². The number of nitrogens with zero attached hydrogens (tertiary/aromatic N) is 5. The molecule has 48 heavy (non-hydrogen) atoms. The van der Waals surface area contributed by atoms with Crippen LogP contribution in [0.15, 0.2) is 36.4 Å². The third kappa shape index (κ3) is 7.79. The van der Waals surface area contributed by atoms with Crippen molar-refractivity contribution in [2.75, 3.05) is 13.2 Å². The van der Waals surface area contributed by atoms with Crippen LogP contribution in [-0.4, -0.2) is 90.5 Å². The van der Waals surface area contributed by atoms with E-state index in [2.05, 4.69) is 26.0 Å². The van der Waals surface area contributed by atoms with Gasteiger partial charge >= 0.3 is 12.1 Å². The molecule has 0 unspecified atom stereocenters. The molecule has 1 saturated heterocycles. The van der Waals surface area contributed by atoms with Gasteiger partial charge in [-0.1, -0.05) is 25.0 Å². The minimum atomic E-state index is -1.43. The van der Waals surface area contributed by atoms with Crippen molar-refractivity contribution >= 4 is 23.9 Å². The van der Waals surface area contributed by atoms with Crippen molar-refractivity contribution in [1.29, 1.82) is 0 Å². The Kier molecular flexibility index (Phi) is 9.44. The fourth-order valence-electron chi connectivity index (χ4n) is 6.39. The number of amides is 3. The summed E-state index contributed by atoms with van der Waals surface area (Å²) >= 11 is 0. The lowest BCUT2D eigenvalue weighted by Gasteiger charge is -2.30. The second-order valence-corrected chi connectivity index (χ2v) is 14.4. The number of fused-ring (bicyclic) bond motifs is 2. The lowest BCUT2D eigenvalue weighted by molar-refractivity contribution is -0.145. The van der Waals surface area contributed by atoms with E-state index < -0.39 is 53.1 Å². The molecule has 2 aromatic rings. The second-order valence-electron chi connectivity index (χ2n) is 14.4. The van der Waals surface area contributed by atoms with Gasteiger partial charge in [-0.05, 0) is 94.7 Å². The van der Waals surface area contributed by atoms with Gasteiger partial charge in [0.05, 0.1) is 12.6 Å². The molecule has 3 fully saturated rings. The van der Waals surface area contributed by atoms with Gasteiger partial charge < -0.3 is 30.1 Å². The van der Waals surface area contributed by atoms with Crippen molar-refractivity contribution in [3.8, 4) is 17.1 Å². The molecule has 3 heterocycles. The molecule has 2 saturated carbocycles. The van der Waals surface area contributed by atoms with Crippen molar-refractivity contribution < 1.29 is 33.8 Å². The van der Waals surface area contributed by atoms with Gasteiger partial charge in [0.25, 0.3) is 0 Å². The summed E-state index contributed by atoms with van der Waals surface area (Å²) < 4.78 is 11.3. The molecule has 5 atom stereocenters. The molecule has 14 heteroatoms. The molecule has 3 amide bonds. The van der Waals surface area contributed by atoms with Crippen LogP contribution in [0.4, 0.5) is 4.79 Å². The quantitative estimate of drug-likeness (QED) is 0.371. The number of carbonyl (C=O) groups excluding carboxylic acids is 3. The molecular weight excluding hydrogens is 618 g/mol. The largest absolute Gasteiger partial charge is 0.493 e. The Morgan fingerprint density at radius 1 is 1.10 bits per heavy atom. The van der Waals surface area contributed by atoms with Gasteiger partial charge in [-0.15, -0.1) is 10.2 Å². The van der Waals surface area contributed by atoms with Crippen LogP contribution in [-0.2, 0) is 19.1 Å². The summed E-state index contributed by atoms with van der Waals surface area (Å²) in [7, 11) is 0. The van der Waals surface area contributed by atoms with E-state index in [4.69, 9.17) is 9.47 Å². The molecular formula is C34H45N7O7. The van der Waals surface area contributed by atoms with Crippen molar-refractivity contribution in [1.82, 2.24) is 35.7 Å². The van der Waals surface area contributed by atoms with Crippen LogP contribution in [0.5, 0.6) is 5.75 Å². The number of allylic oxidation sites excluding steroid dienone is 1. The summed E-state index contributed by atoms with van der Waals surface area (Å²) in [6, 6.07) is 4.96. The number of nitrogens with one attached hydrogen (secondary N) is 2. The van der Waals surface area contributed by atoms with E-state index >= 15 is 0 Å². The highest BCUT2D eigenvalue weighted by molar-refractivity contribution is 5.96. The fraction of sp³-hybridized carbons (Fsp3) is 0.618. The lowest BCUT2D eigenvalue weighted by Crippen LogP contribution is -2.56. The number of rotatable bonds is 7. The molecule has 0 bridgehead atoms. The minimum absolute atomic E-state index is 0.0660. The maximum absolute atomic E-state index is 14.2. The average Bonchev–Trinajstić information content (AvgIpc) is 3.87. The van der Waals surface area contributed by atoms with Gasteiger partial charge in [-0.25, -0.2) is 9.59 Å². The number of hydrogen-bond donors (Lipinski definition) is 3. The first kappa shape index (κ1) is 33.4. The highest BCUT2D eigenvalue weighted by Crippen LogP contribution is 2.45. The average molecular weight is 664 g/mol. The van der Waals surface area contributed by atoms with E-state index in [9.17, 15) is 24.3 Å². The van der Waals surface area contributed by atoms with Crippen LogP contribution < -0.4 is 15.4 Å². The maximum Gasteiger partial charge on any atom is 0.408 e. The smallest absolute Gasteiger partial charge is 0.408 e. The van der Waals surface area contributed by atoms with E-state index in [1.54, 1.807) is 20.8 Å². The van der Waals surface area contributed by atoms with Crippen LogP contribution in [0.1, 0.15) is 84.6 Å². The van der Waals surface area contributed by atoms with E-state index in [1.165, 1.54) is 22.5 Å². The van der Waals surface area contributed by atoms with E-state index in [-0.39, 0.29) is 25.3 Å². The zero-order valence-corrected chi connectivity index (χ0v) is 27.8. The summed E-state index contributed by atoms with van der Waals surface area (Å²) in [5.41, 5.74) is -1.46. The van der Waals surface area contributed by atoms with Gasteiger partial charge in [-0.3, -0.25) is 9.59 Å². The second kappa shape index (κ2) is 13.6. The Hall–Kier alpha value is -4.49. The number of ether oxygens (including phenoxy) is 2. The van der Waals surface area contributed by atoms with Crippen LogP contribution in [0.3, 0.4) is 0 Å². The maximum atomic E-state index is 14.2. The number of carboxylic acids is 1. The van der Waals surface area contributed by atoms with E-state index in [0.717, 1.165) is 30.6 Å². The molecule has 14 nitrogen and oxygen atoms in total. The van der Waals surface area contributed by atoms with Gasteiger partial charge in [-0.2, -0.15) is 4.80 Å². The lowest BCUT2D eigenvalue weighted by atomic mass is 10.0. The van der Waals surface area contributed by atoms with Crippen LogP contribution in [0, 0.1) is 11.8 Å². The predicted molar refractivity (Wildman–Crippen MR) is 173 cm³/mol. The topological polar surface area (TPSA) is 178 Å². The Morgan fingerprint density at radius 3 is 2.58 bits per heavy atom. The van der Waals surface area contributed by atoms with Crippen molar-refractivity contribution in [3.05, 3.63) is 36.4 Å². The van der Waals surface area contributed by atoms with Gasteiger partial charge in [0.1, 0.15) is 29.0 Å². The number of tetrazole rings is 1. The molecule has 0 spiro atoms. The summed E-state index contributed by atoms with van der Waals surface area (Å²) in [5.74, 6) is -0.681. The van der Waals surface area contributed by atoms with Crippen LogP contribution >= 0.6 is 0 Å². The van der Waals surface area contributed by atoms with Crippen LogP contribution in [0.25, 0.3) is 11.4 Å². The minimum Gasteiger partial charge on any atom is -0.493 e. The molecule has 6 rings (SSSR count). The monoisotopic (exact) mass is 663 g/mol. The Balaban J connectivity index is 1.24. The zero-order chi connectivity index (χ0) is 34.1. The third-order valence-corrected chi connectivity index (χ3v) is 9.38. The SMILES string of the molecule is CC(C)(C)OC(=O)N[C@H]1CCCCC/C=C\[C@H]2C[C@@]2(C(=O)O)NC(=O)[C@@H]2C[C@@H](n3nnc(-c4ccc(OCC5CC5)cc4)n3)CN2C1=O. The third-order valence-electron chi connectivity index (χ3n) is 9.38. The fourth-order valence-corrected chi connectivity index (χ4v) is 6.39. The standard InChI is InChI=1S/C34H45N7O7/c1-33(2,3)48-32(46)35-26-10-8-6-4-5-7-9-23-18-34(23,31(44)45)36-29(42)27-17-24(19-40(27)30(26)43)41-38-28(37-39-41)22-13-15-25(16-14-22)47-20-21-11-12-21/h7,9,13-16,21,23-24,26-27H,4-6,8,10-12,17-20H2,1-3H3,(H,35,46)(H,36,42)(H,44,45)/b9-7-/t23-,24+,26-,27-,34+/m0/s1. The van der Waals surface area contributed by atoms with Crippen molar-refractivity contribution in [3.63, 3.8) is 0 Å². The van der Waals surface area contributed by atoms with E-state index in [1.807, 2.05) is 36.4 Å². The molecule has 1 aromatic heterocycles. The highest BCUT2D eigenvalue weighted by Gasteiger charge is 2.61. The van der Waals surface area contributed by atoms with Crippen molar-refractivity contribution in [2.45, 2.75) is 108 Å². The molecule has 2 aliphatic heterocycles. The Bertz CT molecular complexity index is 1550. The van der Waals surface area contributed by atoms with Gasteiger partial charge in [0, 0.05) is 24.4 Å². The molecule has 0 radical (unpaired) electrons. The highest BCUT2D eigenvalue weighted by atomic mass is 16.6. The van der Waals surface area contributed by atoms with Crippen LogP contribution in [0.2, 0.25) is 0 Å². The Morgan fingerprint density at radius 2 is 1.88 bits per heavy atom. The first-order chi connectivity index (χ1) is 22.9. The number of aliphatic carboxylic acids is 1. The van der Waals surface area contributed by atoms with Gasteiger partial charge in [0.2, 0.25) is 17.6 Å². The molecule has 1 aromatic carbocycles. The summed E-state index contributed by atoms with van der Waals surface area (Å²) in [5, 5.41) is 28.7. The molecule has 2 aliphatic carbocycles. The number of hydrogen-bond acceptors (Lipinski definition) is 9. The number of benzene rings is 1. The number of carboxylic acid groups (broad SMARTS) is 1. The summed E-state index contributed by atoms with van der Waals surface area (Å²) in [6.07, 6.45) is 9.34. The first-order valence-electron chi connectivity index (χ1n) is 17.0. The summed E-state index contributed by atoms with van der Waals surface area (Å²) in [6.45, 7) is 5.99. The molecule has 3 N–H and O–H groups in total. The molecule has 258 valence electrons. The number of carbonyl (C=O) groups is 4. The summed E-state index contributed by atoms with van der Waals surface area (Å²) in [4.78, 5) is 56.2. The number of aromatic nitrogens is 4. The predicted octanol–water partition coefficient (Wildman–Crippen LogP) is 3.64. The van der Waals surface area contributed by atoms with Gasteiger partial charge in [0.15, 0.2) is 0 Å². The number of alkyl carbamates (subject to hydrolysis) is 1. The zero-order valence-electron chi connectivity index (χ0n) is 27.8. The normalized spacial score (nSPS) is 28.6.